The van der Waals surface area contributed by atoms with E-state index in [9.17, 15) is 0 Å². The highest BCUT2D eigenvalue weighted by molar-refractivity contribution is 6.24. The van der Waals surface area contributed by atoms with Crippen molar-refractivity contribution in [2.24, 2.45) is 0 Å². The molecule has 0 N–H and O–H groups in total. The molecule has 1 nitrogen and oxygen atoms in total. The van der Waals surface area contributed by atoms with Crippen molar-refractivity contribution in [1.29, 1.82) is 0 Å². The van der Waals surface area contributed by atoms with Crippen LogP contribution in [0.2, 0.25) is 0 Å². The summed E-state index contributed by atoms with van der Waals surface area (Å²) >= 11 is 0. The Morgan fingerprint density at radius 3 is 1.56 bits per heavy atom. The minimum absolute atomic E-state index is 0.191. The van der Waals surface area contributed by atoms with Gasteiger partial charge in [-0.2, -0.15) is 0 Å². The van der Waals surface area contributed by atoms with E-state index < -0.39 is 6.04 Å². The Balaban J connectivity index is 1.51. The Morgan fingerprint density at radius 1 is 0.410 bits per heavy atom. The molecule has 0 radical (unpaired) electrons. The van der Waals surface area contributed by atoms with Gasteiger partial charge in [-0.15, -0.1) is 0 Å². The first-order valence-electron chi connectivity index (χ1n) is 15.5. The predicted octanol–water partition coefficient (Wildman–Crippen LogP) is 10.9. The molecule has 8 rings (SSSR count). The molecule has 7 aromatic carbocycles. The average Bonchev–Trinajstić information content (AvgIpc) is 3.45. The van der Waals surface area contributed by atoms with Gasteiger partial charge in [-0.05, 0) is 49.9 Å². The van der Waals surface area contributed by atoms with Crippen molar-refractivity contribution in [2.75, 3.05) is 0 Å². The molecule has 1 heterocycles. The summed E-state index contributed by atoms with van der Waals surface area (Å²) in [4.78, 5) is 0. The zero-order valence-corrected chi connectivity index (χ0v) is 20.9. The predicted molar refractivity (Wildman–Crippen MR) is 165 cm³/mol. The first kappa shape index (κ1) is 17.4. The molecule has 0 saturated carbocycles. The molecule has 0 aliphatic carbocycles. The minimum atomic E-state index is -0.402. The summed E-state index contributed by atoms with van der Waals surface area (Å²) in [5.41, 5.74) is 6.25. The normalized spacial score (nSPS) is 13.4. The van der Waals surface area contributed by atoms with E-state index in [2.05, 4.69) is 48.5 Å². The molecule has 1 heteroatoms. The Morgan fingerprint density at radius 2 is 0.897 bits per heavy atom. The number of benzene rings is 7. The molecular formula is C38H24O. The van der Waals surface area contributed by atoms with Gasteiger partial charge in [0.25, 0.3) is 0 Å². The maximum atomic E-state index is 8.74. The van der Waals surface area contributed by atoms with Gasteiger partial charge in [0, 0.05) is 21.9 Å². The summed E-state index contributed by atoms with van der Waals surface area (Å²) in [5, 5.41) is 6.18. The molecule has 182 valence electrons. The van der Waals surface area contributed by atoms with Gasteiger partial charge in [0.1, 0.15) is 11.2 Å². The summed E-state index contributed by atoms with van der Waals surface area (Å²) < 4.78 is 48.8. The number of fused-ring (bicyclic) bond motifs is 5. The summed E-state index contributed by atoms with van der Waals surface area (Å²) in [6.45, 7) is 0. The van der Waals surface area contributed by atoms with Crippen LogP contribution >= 0.6 is 0 Å². The smallest absolute Gasteiger partial charge is 0.143 e. The quantitative estimate of drug-likeness (QED) is 0.219. The summed E-state index contributed by atoms with van der Waals surface area (Å²) in [7, 11) is 0. The van der Waals surface area contributed by atoms with Gasteiger partial charge >= 0.3 is 0 Å². The molecule has 0 unspecified atom stereocenters. The van der Waals surface area contributed by atoms with Gasteiger partial charge in [-0.1, -0.05) is 139 Å². The second-order valence-corrected chi connectivity index (χ2v) is 9.67. The fourth-order valence-electron chi connectivity index (χ4n) is 5.96. The van der Waals surface area contributed by atoms with E-state index in [1.807, 2.05) is 66.7 Å². The standard InChI is InChI=1S/C38H24O/c1-2-13-25(14-3-1)26-15-4-5-17-28(26)36-29-18-6-8-20-31(29)37(32-21-9-7-19-30(32)36)34-23-12-22-33-27-16-10-11-24-35(27)39-38(33)34/h1-24H/i1D,2D,3D,13D,14D. The maximum Gasteiger partial charge on any atom is 0.143 e. The van der Waals surface area contributed by atoms with Gasteiger partial charge in [0.05, 0.1) is 6.85 Å². The third-order valence-corrected chi connectivity index (χ3v) is 7.57. The lowest BCUT2D eigenvalue weighted by Gasteiger charge is -2.19. The highest BCUT2D eigenvalue weighted by Crippen LogP contribution is 2.47. The first-order valence-corrected chi connectivity index (χ1v) is 13.0. The largest absolute Gasteiger partial charge is 0.455 e. The van der Waals surface area contributed by atoms with E-state index in [0.29, 0.717) is 5.56 Å². The Bertz CT molecular complexity index is 2370. The molecule has 0 aliphatic heterocycles. The van der Waals surface area contributed by atoms with Crippen molar-refractivity contribution in [1.82, 2.24) is 0 Å². The highest BCUT2D eigenvalue weighted by atomic mass is 16.3. The van der Waals surface area contributed by atoms with Crippen molar-refractivity contribution in [3.05, 3.63) is 145 Å². The van der Waals surface area contributed by atoms with Crippen LogP contribution in [0.1, 0.15) is 6.85 Å². The molecule has 1 aromatic heterocycles. The van der Waals surface area contributed by atoms with Crippen molar-refractivity contribution in [2.45, 2.75) is 0 Å². The number of furan rings is 1. The van der Waals surface area contributed by atoms with Crippen molar-refractivity contribution in [3.63, 3.8) is 0 Å². The molecule has 0 atom stereocenters. The van der Waals surface area contributed by atoms with Crippen molar-refractivity contribution >= 4 is 43.5 Å². The molecule has 0 aliphatic rings. The number of hydrogen-bond acceptors (Lipinski definition) is 1. The van der Waals surface area contributed by atoms with E-state index in [-0.39, 0.29) is 29.7 Å². The number of para-hydroxylation sites is 2. The van der Waals surface area contributed by atoms with E-state index >= 15 is 0 Å². The summed E-state index contributed by atoms with van der Waals surface area (Å²) in [6.07, 6.45) is 0. The minimum Gasteiger partial charge on any atom is -0.455 e. The summed E-state index contributed by atoms with van der Waals surface area (Å²) in [5.74, 6) is 0. The van der Waals surface area contributed by atoms with Crippen LogP contribution < -0.4 is 0 Å². The lowest BCUT2D eigenvalue weighted by atomic mass is 9.83. The van der Waals surface area contributed by atoms with E-state index in [0.717, 1.165) is 65.7 Å². The zero-order valence-electron chi connectivity index (χ0n) is 25.9. The molecule has 8 aromatic rings. The van der Waals surface area contributed by atoms with Crippen LogP contribution in [-0.4, -0.2) is 0 Å². The SMILES string of the molecule is [2H]c1c([2H])c([2H])c(-c2ccccc2-c2c3ccccc3c(-c3cccc4c3oc3ccccc34)c3ccccc23)c([2H])c1[2H]. The van der Waals surface area contributed by atoms with Crippen LogP contribution in [0.5, 0.6) is 0 Å². The second kappa shape index (κ2) is 8.72. The fourth-order valence-corrected chi connectivity index (χ4v) is 5.96. The summed E-state index contributed by atoms with van der Waals surface area (Å²) in [6, 6.07) is 37.0. The van der Waals surface area contributed by atoms with Gasteiger partial charge in [0.2, 0.25) is 0 Å². The first-order chi connectivity index (χ1) is 21.5. The molecule has 0 bridgehead atoms. The molecular weight excluding hydrogens is 472 g/mol. The van der Waals surface area contributed by atoms with E-state index in [4.69, 9.17) is 11.3 Å². The average molecular weight is 502 g/mol. The van der Waals surface area contributed by atoms with Gasteiger partial charge in [0.15, 0.2) is 0 Å². The van der Waals surface area contributed by atoms with Crippen molar-refractivity contribution in [3.8, 4) is 33.4 Å². The van der Waals surface area contributed by atoms with E-state index in [1.54, 1.807) is 0 Å². The second-order valence-electron chi connectivity index (χ2n) is 9.67. The van der Waals surface area contributed by atoms with Gasteiger partial charge < -0.3 is 4.42 Å². The van der Waals surface area contributed by atoms with Gasteiger partial charge in [-0.3, -0.25) is 0 Å². The van der Waals surface area contributed by atoms with Crippen LogP contribution in [0.25, 0.3) is 76.9 Å². The van der Waals surface area contributed by atoms with Crippen molar-refractivity contribution < 1.29 is 11.3 Å². The van der Waals surface area contributed by atoms with E-state index in [1.165, 1.54) is 0 Å². The molecule has 0 amide bonds. The molecule has 0 saturated heterocycles. The Hall–Kier alpha value is -5.14. The molecule has 39 heavy (non-hydrogen) atoms. The third kappa shape index (κ3) is 3.34. The Labute approximate surface area is 233 Å². The van der Waals surface area contributed by atoms with Crippen LogP contribution in [0.3, 0.4) is 0 Å². The topological polar surface area (TPSA) is 13.1 Å². The fraction of sp³-hybridized carbons (Fsp3) is 0. The highest BCUT2D eigenvalue weighted by Gasteiger charge is 2.21. The lowest BCUT2D eigenvalue weighted by molar-refractivity contribution is 0.670. The van der Waals surface area contributed by atoms with Crippen LogP contribution in [-0.2, 0) is 0 Å². The Kier molecular flexibility index (Phi) is 3.89. The molecule has 0 spiro atoms. The number of rotatable bonds is 3. The van der Waals surface area contributed by atoms with Crippen LogP contribution in [0.4, 0.5) is 0 Å². The maximum absolute atomic E-state index is 8.74. The molecule has 0 fully saturated rings. The lowest BCUT2D eigenvalue weighted by Crippen LogP contribution is -1.92. The number of hydrogen-bond donors (Lipinski definition) is 0. The van der Waals surface area contributed by atoms with Gasteiger partial charge in [-0.25, -0.2) is 0 Å². The third-order valence-electron chi connectivity index (χ3n) is 7.57. The van der Waals surface area contributed by atoms with Crippen LogP contribution in [0.15, 0.2) is 150 Å². The zero-order chi connectivity index (χ0) is 30.1. The van der Waals surface area contributed by atoms with Crippen LogP contribution in [0, 0.1) is 0 Å². The monoisotopic (exact) mass is 501 g/mol.